The van der Waals surface area contributed by atoms with Crippen LogP contribution < -0.4 is 25.4 Å². The lowest BCUT2D eigenvalue weighted by atomic mass is 9.83. The van der Waals surface area contributed by atoms with E-state index in [4.69, 9.17) is 9.47 Å². The van der Waals surface area contributed by atoms with Crippen molar-refractivity contribution in [3.05, 3.63) is 58.9 Å². The minimum Gasteiger partial charge on any atom is -0.490 e. The number of nitrogens with one attached hydrogen (secondary N) is 3. The topological polar surface area (TPSA) is 91.9 Å². The number of piperazine rings is 1. The van der Waals surface area contributed by atoms with Crippen molar-refractivity contribution < 1.29 is 23.5 Å². The second-order valence-electron chi connectivity index (χ2n) is 11.9. The highest BCUT2D eigenvalue weighted by atomic mass is 35.5. The zero-order chi connectivity index (χ0) is 28.2. The summed E-state index contributed by atoms with van der Waals surface area (Å²) >= 11 is 0. The molecule has 236 valence electrons. The van der Waals surface area contributed by atoms with Gasteiger partial charge in [0.05, 0.1) is 12.6 Å². The number of hydrogen-bond donors (Lipinski definition) is 3. The number of nitrogens with zero attached hydrogens (tertiary/aromatic N) is 1. The van der Waals surface area contributed by atoms with Gasteiger partial charge in [-0.15, -0.1) is 24.8 Å². The maximum atomic E-state index is 14.4. The van der Waals surface area contributed by atoms with Crippen LogP contribution in [-0.4, -0.2) is 68.2 Å². The SMILES string of the molecule is Cl.Cl.O=C1CNC(c2cc(F)cc(OC3CCN(C(=O)c4ccc(O[C@@H]5CCNC5)c(C5CCCCC5)c4)CC3)c2)CN1. The lowest BCUT2D eigenvalue weighted by molar-refractivity contribution is -0.121. The lowest BCUT2D eigenvalue weighted by Gasteiger charge is -2.33. The van der Waals surface area contributed by atoms with Crippen LogP contribution in [0.4, 0.5) is 4.39 Å². The van der Waals surface area contributed by atoms with Crippen molar-refractivity contribution in [2.45, 2.75) is 75.5 Å². The molecule has 3 N–H and O–H groups in total. The van der Waals surface area contributed by atoms with E-state index >= 15 is 0 Å². The number of piperidine rings is 1. The first-order valence-corrected chi connectivity index (χ1v) is 15.3. The fourth-order valence-corrected chi connectivity index (χ4v) is 6.64. The van der Waals surface area contributed by atoms with Gasteiger partial charge < -0.3 is 25.0 Å². The highest BCUT2D eigenvalue weighted by molar-refractivity contribution is 5.94. The summed E-state index contributed by atoms with van der Waals surface area (Å²) in [6.45, 7) is 3.65. The first-order valence-electron chi connectivity index (χ1n) is 15.3. The van der Waals surface area contributed by atoms with Gasteiger partial charge in [0.1, 0.15) is 29.5 Å². The molecule has 43 heavy (non-hydrogen) atoms. The largest absolute Gasteiger partial charge is 0.490 e. The predicted molar refractivity (Wildman–Crippen MR) is 168 cm³/mol. The molecule has 3 heterocycles. The molecule has 8 nitrogen and oxygen atoms in total. The van der Waals surface area contributed by atoms with E-state index in [0.29, 0.717) is 44.1 Å². The summed E-state index contributed by atoms with van der Waals surface area (Å²) in [4.78, 5) is 27.0. The van der Waals surface area contributed by atoms with Crippen LogP contribution in [0.3, 0.4) is 0 Å². The van der Waals surface area contributed by atoms with Gasteiger partial charge in [-0.1, -0.05) is 19.3 Å². The number of likely N-dealkylation sites (tertiary alicyclic amines) is 1. The molecule has 4 aliphatic rings. The smallest absolute Gasteiger partial charge is 0.253 e. The van der Waals surface area contributed by atoms with E-state index in [1.807, 2.05) is 23.1 Å². The third kappa shape index (κ3) is 8.32. The molecule has 0 radical (unpaired) electrons. The quantitative estimate of drug-likeness (QED) is 0.400. The van der Waals surface area contributed by atoms with Gasteiger partial charge >= 0.3 is 0 Å². The van der Waals surface area contributed by atoms with Crippen molar-refractivity contribution in [2.24, 2.45) is 0 Å². The summed E-state index contributed by atoms with van der Waals surface area (Å²) in [5.41, 5.74) is 2.66. The van der Waals surface area contributed by atoms with E-state index in [2.05, 4.69) is 22.0 Å². The van der Waals surface area contributed by atoms with Gasteiger partial charge in [-0.3, -0.25) is 14.9 Å². The second kappa shape index (κ2) is 15.4. The van der Waals surface area contributed by atoms with E-state index in [9.17, 15) is 14.0 Å². The Balaban J connectivity index is 0.00000212. The van der Waals surface area contributed by atoms with Crippen molar-refractivity contribution in [1.82, 2.24) is 20.9 Å². The van der Waals surface area contributed by atoms with Gasteiger partial charge in [-0.05, 0) is 73.2 Å². The molecule has 2 aromatic rings. The van der Waals surface area contributed by atoms with E-state index in [1.165, 1.54) is 37.0 Å². The van der Waals surface area contributed by atoms with Crippen molar-refractivity contribution in [2.75, 3.05) is 39.3 Å². The van der Waals surface area contributed by atoms with E-state index in [0.717, 1.165) is 49.2 Å². The second-order valence-corrected chi connectivity index (χ2v) is 11.9. The van der Waals surface area contributed by atoms with Gasteiger partial charge in [0, 0.05) is 50.7 Å². The molecular formula is C32H43Cl2FN4O4. The van der Waals surface area contributed by atoms with Crippen molar-refractivity contribution in [1.29, 1.82) is 0 Å². The highest BCUT2D eigenvalue weighted by Gasteiger charge is 2.28. The molecule has 2 atom stereocenters. The maximum Gasteiger partial charge on any atom is 0.253 e. The molecule has 0 aromatic heterocycles. The Bertz CT molecular complexity index is 1240. The van der Waals surface area contributed by atoms with Crippen LogP contribution in [0, 0.1) is 5.82 Å². The van der Waals surface area contributed by atoms with Crippen molar-refractivity contribution in [3.63, 3.8) is 0 Å². The minimum atomic E-state index is -0.366. The number of amides is 2. The number of rotatable bonds is 7. The summed E-state index contributed by atoms with van der Waals surface area (Å²) in [6.07, 6.45) is 8.48. The van der Waals surface area contributed by atoms with Gasteiger partial charge in [0.15, 0.2) is 0 Å². The minimum absolute atomic E-state index is 0. The summed E-state index contributed by atoms with van der Waals surface area (Å²) in [5.74, 6) is 1.48. The average molecular weight is 638 g/mol. The first-order chi connectivity index (χ1) is 20.0. The highest BCUT2D eigenvalue weighted by Crippen LogP contribution is 2.39. The number of carbonyl (C=O) groups excluding carboxylic acids is 2. The van der Waals surface area contributed by atoms with Crippen molar-refractivity contribution in [3.8, 4) is 11.5 Å². The molecule has 2 amide bonds. The standard InChI is InChI=1S/C32H41FN4O4.2ClH/c33-24-14-23(29-19-36-31(38)20-35-29)15-27(17-24)40-25-9-12-37(13-10-25)32(39)22-6-7-30(41-26-8-11-34-18-26)28(16-22)21-4-2-1-3-5-21;;/h6-7,14-17,21,25-26,29,34-35H,1-5,8-13,18-20H2,(H,36,38);2*1H/t26-,29?;;/m1../s1. The fourth-order valence-electron chi connectivity index (χ4n) is 6.64. The zero-order valence-corrected chi connectivity index (χ0v) is 26.1. The number of halogens is 3. The average Bonchev–Trinajstić information content (AvgIpc) is 3.51. The van der Waals surface area contributed by atoms with Gasteiger partial charge in [-0.25, -0.2) is 4.39 Å². The fraction of sp³-hybridized carbons (Fsp3) is 0.562. The monoisotopic (exact) mass is 636 g/mol. The Labute approximate surface area is 265 Å². The summed E-state index contributed by atoms with van der Waals surface area (Å²) < 4.78 is 27.0. The first kappa shape index (κ1) is 33.3. The molecule has 2 aromatic carbocycles. The van der Waals surface area contributed by atoms with Gasteiger partial charge in [0.2, 0.25) is 5.91 Å². The Morgan fingerprint density at radius 3 is 2.37 bits per heavy atom. The van der Waals surface area contributed by atoms with Crippen LogP contribution in [0.1, 0.15) is 84.8 Å². The Hall–Kier alpha value is -2.59. The van der Waals surface area contributed by atoms with E-state index in [1.54, 1.807) is 0 Å². The van der Waals surface area contributed by atoms with Crippen molar-refractivity contribution >= 4 is 36.6 Å². The normalized spacial score (nSPS) is 23.1. The number of carbonyl (C=O) groups is 2. The molecule has 3 saturated heterocycles. The van der Waals surface area contributed by atoms with Gasteiger partial charge in [-0.2, -0.15) is 0 Å². The Morgan fingerprint density at radius 2 is 1.67 bits per heavy atom. The van der Waals surface area contributed by atoms with Gasteiger partial charge in [0.25, 0.3) is 5.91 Å². The Kier molecular flexibility index (Phi) is 11.9. The summed E-state index contributed by atoms with van der Waals surface area (Å²) in [5, 5.41) is 9.32. The molecule has 1 aliphatic carbocycles. The van der Waals surface area contributed by atoms with Crippen LogP contribution in [-0.2, 0) is 4.79 Å². The maximum absolute atomic E-state index is 14.4. The van der Waals surface area contributed by atoms with Crippen LogP contribution in [0.25, 0.3) is 0 Å². The molecule has 4 fully saturated rings. The zero-order valence-electron chi connectivity index (χ0n) is 24.4. The summed E-state index contributed by atoms with van der Waals surface area (Å²) in [6, 6.07) is 10.6. The van der Waals surface area contributed by atoms with Crippen LogP contribution in [0.5, 0.6) is 11.5 Å². The number of hydrogen-bond acceptors (Lipinski definition) is 6. The molecule has 1 saturated carbocycles. The molecule has 3 aliphatic heterocycles. The molecule has 6 rings (SSSR count). The molecule has 0 bridgehead atoms. The predicted octanol–water partition coefficient (Wildman–Crippen LogP) is 4.90. The third-order valence-corrected chi connectivity index (χ3v) is 8.95. The van der Waals surface area contributed by atoms with Crippen LogP contribution in [0.2, 0.25) is 0 Å². The summed E-state index contributed by atoms with van der Waals surface area (Å²) in [7, 11) is 0. The van der Waals surface area contributed by atoms with E-state index in [-0.39, 0.29) is 67.2 Å². The van der Waals surface area contributed by atoms with E-state index < -0.39 is 0 Å². The third-order valence-electron chi connectivity index (χ3n) is 8.95. The molecular weight excluding hydrogens is 594 g/mol. The van der Waals surface area contributed by atoms with Crippen LogP contribution >= 0.6 is 24.8 Å². The Morgan fingerprint density at radius 1 is 0.884 bits per heavy atom. The molecule has 0 spiro atoms. The number of ether oxygens (including phenoxy) is 2. The number of benzene rings is 2. The van der Waals surface area contributed by atoms with Crippen LogP contribution in [0.15, 0.2) is 36.4 Å². The molecule has 1 unspecified atom stereocenters. The molecule has 11 heteroatoms. The lowest BCUT2D eigenvalue weighted by Crippen LogP contribution is -2.46.